The number of ether oxygens (including phenoxy) is 2. The van der Waals surface area contributed by atoms with Crippen molar-refractivity contribution in [1.82, 2.24) is 15.1 Å². The van der Waals surface area contributed by atoms with Crippen LogP contribution in [-0.4, -0.2) is 46.8 Å². The molecule has 24 heavy (non-hydrogen) atoms. The molecule has 1 aliphatic heterocycles. The zero-order valence-corrected chi connectivity index (χ0v) is 13.5. The molecule has 0 saturated carbocycles. The SMILES string of the molecule is O=C(COCc1ccccc1)N1CCC[C@@H](Oc2cccnn2)C1. The summed E-state index contributed by atoms with van der Waals surface area (Å²) < 4.78 is 11.3. The van der Waals surface area contributed by atoms with Crippen LogP contribution in [0.15, 0.2) is 48.7 Å². The third-order valence-corrected chi connectivity index (χ3v) is 3.90. The largest absolute Gasteiger partial charge is 0.471 e. The average molecular weight is 327 g/mol. The molecule has 0 radical (unpaired) electrons. The Hall–Kier alpha value is -2.47. The van der Waals surface area contributed by atoms with E-state index >= 15 is 0 Å². The van der Waals surface area contributed by atoms with Gasteiger partial charge in [-0.3, -0.25) is 4.79 Å². The number of rotatable bonds is 6. The molecule has 6 nitrogen and oxygen atoms in total. The summed E-state index contributed by atoms with van der Waals surface area (Å²) in [6, 6.07) is 13.4. The first-order valence-corrected chi connectivity index (χ1v) is 8.15. The van der Waals surface area contributed by atoms with Gasteiger partial charge in [-0.2, -0.15) is 5.10 Å². The lowest BCUT2D eigenvalue weighted by Crippen LogP contribution is -2.45. The van der Waals surface area contributed by atoms with Gasteiger partial charge in [0.05, 0.1) is 13.2 Å². The molecule has 2 heterocycles. The molecule has 2 aromatic rings. The molecular weight excluding hydrogens is 306 g/mol. The predicted molar refractivity (Wildman–Crippen MR) is 88.4 cm³/mol. The maximum atomic E-state index is 12.3. The van der Waals surface area contributed by atoms with E-state index in [0.717, 1.165) is 24.9 Å². The first-order chi connectivity index (χ1) is 11.8. The molecule has 0 unspecified atom stereocenters. The van der Waals surface area contributed by atoms with Gasteiger partial charge >= 0.3 is 0 Å². The lowest BCUT2D eigenvalue weighted by atomic mass is 10.1. The average Bonchev–Trinajstić information content (AvgIpc) is 2.64. The Morgan fingerprint density at radius 2 is 2.08 bits per heavy atom. The number of hydrogen-bond acceptors (Lipinski definition) is 5. The van der Waals surface area contributed by atoms with Crippen LogP contribution in [0.5, 0.6) is 5.88 Å². The van der Waals surface area contributed by atoms with Crippen LogP contribution in [0.25, 0.3) is 0 Å². The van der Waals surface area contributed by atoms with Crippen LogP contribution >= 0.6 is 0 Å². The van der Waals surface area contributed by atoms with Gasteiger partial charge in [0.15, 0.2) is 0 Å². The van der Waals surface area contributed by atoms with Crippen molar-refractivity contribution in [1.29, 1.82) is 0 Å². The molecule has 126 valence electrons. The molecule has 0 spiro atoms. The van der Waals surface area contributed by atoms with Crippen LogP contribution in [0.4, 0.5) is 0 Å². The summed E-state index contributed by atoms with van der Waals surface area (Å²) in [6.45, 7) is 1.84. The minimum absolute atomic E-state index is 0.00150. The first-order valence-electron chi connectivity index (χ1n) is 8.15. The normalized spacial score (nSPS) is 17.5. The van der Waals surface area contributed by atoms with Crippen molar-refractivity contribution in [3.8, 4) is 5.88 Å². The van der Waals surface area contributed by atoms with E-state index in [2.05, 4.69) is 10.2 Å². The fourth-order valence-electron chi connectivity index (χ4n) is 2.70. The van der Waals surface area contributed by atoms with E-state index in [1.54, 1.807) is 23.2 Å². The number of piperidine rings is 1. The van der Waals surface area contributed by atoms with Crippen LogP contribution in [0.2, 0.25) is 0 Å². The number of benzene rings is 1. The van der Waals surface area contributed by atoms with E-state index in [4.69, 9.17) is 9.47 Å². The molecule has 0 N–H and O–H groups in total. The summed E-state index contributed by atoms with van der Waals surface area (Å²) in [7, 11) is 0. The molecule has 6 heteroatoms. The quantitative estimate of drug-likeness (QED) is 0.812. The molecule has 1 saturated heterocycles. The molecule has 0 bridgehead atoms. The summed E-state index contributed by atoms with van der Waals surface area (Å²) in [5, 5.41) is 7.72. The highest BCUT2D eigenvalue weighted by molar-refractivity contribution is 5.77. The van der Waals surface area contributed by atoms with E-state index in [1.165, 1.54) is 0 Å². The minimum atomic E-state index is -0.0477. The molecule has 1 aromatic heterocycles. The van der Waals surface area contributed by atoms with Crippen molar-refractivity contribution < 1.29 is 14.3 Å². The molecule has 1 amide bonds. The smallest absolute Gasteiger partial charge is 0.248 e. The monoisotopic (exact) mass is 327 g/mol. The maximum Gasteiger partial charge on any atom is 0.248 e. The summed E-state index contributed by atoms with van der Waals surface area (Å²) in [6.07, 6.45) is 3.38. The Morgan fingerprint density at radius 1 is 1.21 bits per heavy atom. The molecule has 1 aromatic carbocycles. The van der Waals surface area contributed by atoms with E-state index in [9.17, 15) is 4.79 Å². The van der Waals surface area contributed by atoms with E-state index in [-0.39, 0.29) is 18.6 Å². The van der Waals surface area contributed by atoms with Crippen molar-refractivity contribution in [2.75, 3.05) is 19.7 Å². The molecule has 0 aliphatic carbocycles. The zero-order chi connectivity index (χ0) is 16.6. The topological polar surface area (TPSA) is 64.5 Å². The Morgan fingerprint density at radius 3 is 2.88 bits per heavy atom. The summed E-state index contributed by atoms with van der Waals surface area (Å²) in [4.78, 5) is 14.1. The van der Waals surface area contributed by atoms with Crippen molar-refractivity contribution in [3.63, 3.8) is 0 Å². The predicted octanol–water partition coefficient (Wildman–Crippen LogP) is 2.06. The summed E-state index contributed by atoms with van der Waals surface area (Å²) in [5.41, 5.74) is 1.06. The second kappa shape index (κ2) is 8.40. The lowest BCUT2D eigenvalue weighted by molar-refractivity contribution is -0.139. The Bertz CT molecular complexity index is 636. The Kier molecular flexibility index (Phi) is 5.74. The molecule has 1 aliphatic rings. The second-order valence-corrected chi connectivity index (χ2v) is 5.76. The number of nitrogens with zero attached hydrogens (tertiary/aromatic N) is 3. The highest BCUT2D eigenvalue weighted by Gasteiger charge is 2.25. The number of amides is 1. The van der Waals surface area contributed by atoms with Gasteiger partial charge in [-0.15, -0.1) is 5.10 Å². The number of hydrogen-bond donors (Lipinski definition) is 0. The lowest BCUT2D eigenvalue weighted by Gasteiger charge is -2.32. The maximum absolute atomic E-state index is 12.3. The van der Waals surface area contributed by atoms with Crippen LogP contribution < -0.4 is 4.74 Å². The van der Waals surface area contributed by atoms with Gasteiger partial charge in [-0.25, -0.2) is 0 Å². The van der Waals surface area contributed by atoms with Gasteiger partial charge in [0, 0.05) is 18.8 Å². The standard InChI is InChI=1S/C18H21N3O3/c22-18(14-23-13-15-6-2-1-3-7-15)21-11-5-8-16(12-21)24-17-9-4-10-19-20-17/h1-4,6-7,9-10,16H,5,8,11-14H2/t16-/m1/s1. The van der Waals surface area contributed by atoms with Gasteiger partial charge in [0.25, 0.3) is 0 Å². The highest BCUT2D eigenvalue weighted by atomic mass is 16.5. The van der Waals surface area contributed by atoms with E-state index in [0.29, 0.717) is 19.0 Å². The number of aromatic nitrogens is 2. The highest BCUT2D eigenvalue weighted by Crippen LogP contribution is 2.16. The van der Waals surface area contributed by atoms with Crippen LogP contribution in [0.1, 0.15) is 18.4 Å². The van der Waals surface area contributed by atoms with Gasteiger partial charge in [0.2, 0.25) is 11.8 Å². The first kappa shape index (κ1) is 16.4. The van der Waals surface area contributed by atoms with Crippen molar-refractivity contribution in [2.45, 2.75) is 25.6 Å². The zero-order valence-electron chi connectivity index (χ0n) is 13.5. The van der Waals surface area contributed by atoms with Gasteiger partial charge in [-0.1, -0.05) is 30.3 Å². The fourth-order valence-corrected chi connectivity index (χ4v) is 2.70. The van der Waals surface area contributed by atoms with Gasteiger partial charge < -0.3 is 14.4 Å². The second-order valence-electron chi connectivity index (χ2n) is 5.76. The Balaban J connectivity index is 1.44. The summed E-state index contributed by atoms with van der Waals surface area (Å²) >= 11 is 0. The van der Waals surface area contributed by atoms with Gasteiger partial charge in [-0.05, 0) is 24.5 Å². The molecule has 1 fully saturated rings. The molecule has 1 atom stereocenters. The Labute approximate surface area is 141 Å². The third-order valence-electron chi connectivity index (χ3n) is 3.90. The van der Waals surface area contributed by atoms with Crippen LogP contribution in [-0.2, 0) is 16.1 Å². The summed E-state index contributed by atoms with van der Waals surface area (Å²) in [5.74, 6) is 0.496. The van der Waals surface area contributed by atoms with E-state index < -0.39 is 0 Å². The molecular formula is C18H21N3O3. The number of carbonyl (C=O) groups excluding carboxylic acids is 1. The van der Waals surface area contributed by atoms with Crippen molar-refractivity contribution in [2.24, 2.45) is 0 Å². The van der Waals surface area contributed by atoms with Crippen LogP contribution in [0, 0.1) is 0 Å². The van der Waals surface area contributed by atoms with Crippen LogP contribution in [0.3, 0.4) is 0 Å². The third kappa shape index (κ3) is 4.76. The molecule has 3 rings (SSSR count). The van der Waals surface area contributed by atoms with Crippen molar-refractivity contribution in [3.05, 3.63) is 54.2 Å². The fraction of sp³-hybridized carbons (Fsp3) is 0.389. The number of likely N-dealkylation sites (tertiary alicyclic amines) is 1. The minimum Gasteiger partial charge on any atom is -0.471 e. The van der Waals surface area contributed by atoms with Crippen molar-refractivity contribution >= 4 is 5.91 Å². The van der Waals surface area contributed by atoms with E-state index in [1.807, 2.05) is 30.3 Å². The van der Waals surface area contributed by atoms with Gasteiger partial charge in [0.1, 0.15) is 12.7 Å². The number of carbonyl (C=O) groups is 1.